The highest BCUT2D eigenvalue weighted by molar-refractivity contribution is 5.66. The molecule has 0 saturated carbocycles. The number of nitrogens with one attached hydrogen (secondary N) is 2. The van der Waals surface area contributed by atoms with E-state index < -0.39 is 0 Å². The third kappa shape index (κ3) is 2.25. The Bertz CT molecular complexity index is 435. The van der Waals surface area contributed by atoms with Crippen LogP contribution in [0.4, 0.5) is 11.4 Å². The first-order valence-corrected chi connectivity index (χ1v) is 4.70. The third-order valence-corrected chi connectivity index (χ3v) is 2.12. The summed E-state index contributed by atoms with van der Waals surface area (Å²) in [6, 6.07) is 5.87. The maximum absolute atomic E-state index is 5.82. The molecular formula is C10H13N5. The van der Waals surface area contributed by atoms with Gasteiger partial charge in [0.25, 0.3) is 0 Å². The number of nitrogens with zero attached hydrogens (tertiary/aromatic N) is 2. The highest BCUT2D eigenvalue weighted by Crippen LogP contribution is 2.19. The molecule has 2 aromatic rings. The van der Waals surface area contributed by atoms with Crippen LogP contribution >= 0.6 is 0 Å². The molecule has 78 valence electrons. The summed E-state index contributed by atoms with van der Waals surface area (Å²) in [5, 5.41) is 9.74. The molecule has 0 bridgehead atoms. The predicted molar refractivity (Wildman–Crippen MR) is 59.3 cm³/mol. The number of nitrogen functional groups attached to an aromatic ring is 1. The summed E-state index contributed by atoms with van der Waals surface area (Å²) in [7, 11) is 0. The zero-order valence-corrected chi connectivity index (χ0v) is 8.49. The first-order chi connectivity index (χ1) is 7.25. The first kappa shape index (κ1) is 9.51. The number of H-pyrrole nitrogens is 1. The van der Waals surface area contributed by atoms with E-state index in [4.69, 9.17) is 5.73 Å². The molecule has 0 fully saturated rings. The average molecular weight is 203 g/mol. The van der Waals surface area contributed by atoms with Crippen LogP contribution in [0.5, 0.6) is 0 Å². The number of hydrogen-bond acceptors (Lipinski definition) is 4. The Balaban J connectivity index is 2.07. The van der Waals surface area contributed by atoms with Gasteiger partial charge in [-0.1, -0.05) is 6.07 Å². The van der Waals surface area contributed by atoms with Crippen molar-refractivity contribution in [3.05, 3.63) is 35.9 Å². The molecule has 1 aromatic heterocycles. The highest BCUT2D eigenvalue weighted by Gasteiger charge is 2.00. The van der Waals surface area contributed by atoms with Gasteiger partial charge in [0.15, 0.2) is 0 Å². The number of aromatic amines is 1. The van der Waals surface area contributed by atoms with Gasteiger partial charge in [0.05, 0.1) is 17.9 Å². The van der Waals surface area contributed by atoms with E-state index in [1.54, 1.807) is 0 Å². The predicted octanol–water partition coefficient (Wildman–Crippen LogP) is 1.31. The van der Waals surface area contributed by atoms with Crippen molar-refractivity contribution < 1.29 is 0 Å². The van der Waals surface area contributed by atoms with Crippen LogP contribution in [0, 0.1) is 6.92 Å². The van der Waals surface area contributed by atoms with E-state index in [2.05, 4.69) is 20.5 Å². The standard InChI is InChI=1S/C10H13N5/c1-7-2-3-8(11)9(4-7)12-5-10-13-6-14-15-10/h2-4,6,12H,5,11H2,1H3,(H,13,14,15). The van der Waals surface area contributed by atoms with Crippen LogP contribution < -0.4 is 11.1 Å². The Morgan fingerprint density at radius 1 is 1.47 bits per heavy atom. The minimum absolute atomic E-state index is 0.591. The second-order valence-corrected chi connectivity index (χ2v) is 3.38. The number of benzene rings is 1. The van der Waals surface area contributed by atoms with E-state index in [1.807, 2.05) is 25.1 Å². The van der Waals surface area contributed by atoms with Gasteiger partial charge >= 0.3 is 0 Å². The molecule has 0 spiro atoms. The van der Waals surface area contributed by atoms with Crippen molar-refractivity contribution >= 4 is 11.4 Å². The minimum atomic E-state index is 0.591. The first-order valence-electron chi connectivity index (χ1n) is 4.70. The molecule has 0 aliphatic rings. The number of anilines is 2. The van der Waals surface area contributed by atoms with Crippen LogP contribution in [0.15, 0.2) is 24.5 Å². The molecule has 1 aromatic carbocycles. The van der Waals surface area contributed by atoms with E-state index in [-0.39, 0.29) is 0 Å². The SMILES string of the molecule is Cc1ccc(N)c(NCc2ncn[nH]2)c1. The van der Waals surface area contributed by atoms with Crippen molar-refractivity contribution in [2.45, 2.75) is 13.5 Å². The van der Waals surface area contributed by atoms with E-state index in [1.165, 1.54) is 11.9 Å². The summed E-state index contributed by atoms with van der Waals surface area (Å²) in [6.45, 7) is 2.62. The van der Waals surface area contributed by atoms with E-state index in [0.717, 1.165) is 17.2 Å². The van der Waals surface area contributed by atoms with Crippen molar-refractivity contribution in [3.8, 4) is 0 Å². The summed E-state index contributed by atoms with van der Waals surface area (Å²) in [5.41, 5.74) is 8.65. The lowest BCUT2D eigenvalue weighted by molar-refractivity contribution is 0.955. The summed E-state index contributed by atoms with van der Waals surface area (Å²) >= 11 is 0. The topological polar surface area (TPSA) is 79.6 Å². The summed E-state index contributed by atoms with van der Waals surface area (Å²) < 4.78 is 0. The minimum Gasteiger partial charge on any atom is -0.397 e. The van der Waals surface area contributed by atoms with Crippen LogP contribution in [0.1, 0.15) is 11.4 Å². The molecule has 0 aliphatic heterocycles. The fraction of sp³-hybridized carbons (Fsp3) is 0.200. The summed E-state index contributed by atoms with van der Waals surface area (Å²) in [6.07, 6.45) is 1.48. The normalized spacial score (nSPS) is 10.2. The van der Waals surface area contributed by atoms with Crippen LogP contribution in [0.25, 0.3) is 0 Å². The molecule has 0 amide bonds. The number of rotatable bonds is 3. The van der Waals surface area contributed by atoms with Crippen molar-refractivity contribution in [2.24, 2.45) is 0 Å². The van der Waals surface area contributed by atoms with Gasteiger partial charge in [0.1, 0.15) is 12.2 Å². The second kappa shape index (κ2) is 4.00. The van der Waals surface area contributed by atoms with Crippen LogP contribution in [0.2, 0.25) is 0 Å². The quantitative estimate of drug-likeness (QED) is 0.657. The van der Waals surface area contributed by atoms with E-state index in [0.29, 0.717) is 6.54 Å². The Morgan fingerprint density at radius 2 is 2.33 bits per heavy atom. The number of hydrogen-bond donors (Lipinski definition) is 3. The lowest BCUT2D eigenvalue weighted by Gasteiger charge is -2.08. The smallest absolute Gasteiger partial charge is 0.143 e. The fourth-order valence-corrected chi connectivity index (χ4v) is 1.32. The third-order valence-electron chi connectivity index (χ3n) is 2.12. The molecule has 5 heteroatoms. The largest absolute Gasteiger partial charge is 0.397 e. The molecule has 1 heterocycles. The van der Waals surface area contributed by atoms with E-state index in [9.17, 15) is 0 Å². The molecular weight excluding hydrogens is 190 g/mol. The molecule has 15 heavy (non-hydrogen) atoms. The van der Waals surface area contributed by atoms with Crippen molar-refractivity contribution in [3.63, 3.8) is 0 Å². The van der Waals surface area contributed by atoms with Gasteiger partial charge in [-0.15, -0.1) is 0 Å². The Labute approximate surface area is 87.7 Å². The van der Waals surface area contributed by atoms with Gasteiger partial charge in [-0.2, -0.15) is 5.10 Å². The highest BCUT2D eigenvalue weighted by atomic mass is 15.2. The molecule has 0 saturated heterocycles. The molecule has 0 radical (unpaired) electrons. The lowest BCUT2D eigenvalue weighted by Crippen LogP contribution is -2.04. The van der Waals surface area contributed by atoms with Crippen LogP contribution in [-0.2, 0) is 6.54 Å². The van der Waals surface area contributed by atoms with Gasteiger partial charge in [-0.3, -0.25) is 5.10 Å². The molecule has 0 atom stereocenters. The molecule has 0 unspecified atom stereocenters. The Hall–Kier alpha value is -2.04. The molecule has 5 nitrogen and oxygen atoms in total. The lowest BCUT2D eigenvalue weighted by atomic mass is 10.2. The summed E-state index contributed by atoms with van der Waals surface area (Å²) in [5.74, 6) is 0.788. The maximum atomic E-state index is 5.82. The van der Waals surface area contributed by atoms with Crippen molar-refractivity contribution in [1.29, 1.82) is 0 Å². The zero-order valence-electron chi connectivity index (χ0n) is 8.49. The van der Waals surface area contributed by atoms with Gasteiger partial charge < -0.3 is 11.1 Å². The van der Waals surface area contributed by atoms with Crippen LogP contribution in [-0.4, -0.2) is 15.2 Å². The average Bonchev–Trinajstić information content (AvgIpc) is 2.72. The fourth-order valence-electron chi connectivity index (χ4n) is 1.32. The molecule has 2 rings (SSSR count). The van der Waals surface area contributed by atoms with Crippen molar-refractivity contribution in [1.82, 2.24) is 15.2 Å². The molecule has 4 N–H and O–H groups in total. The number of aromatic nitrogens is 3. The summed E-state index contributed by atoms with van der Waals surface area (Å²) in [4.78, 5) is 4.01. The van der Waals surface area contributed by atoms with Crippen molar-refractivity contribution in [2.75, 3.05) is 11.1 Å². The second-order valence-electron chi connectivity index (χ2n) is 3.38. The van der Waals surface area contributed by atoms with Gasteiger partial charge in [0, 0.05) is 0 Å². The molecule has 0 aliphatic carbocycles. The Morgan fingerprint density at radius 3 is 3.07 bits per heavy atom. The number of aryl methyl sites for hydroxylation is 1. The van der Waals surface area contributed by atoms with E-state index >= 15 is 0 Å². The Kier molecular flexibility index (Phi) is 2.53. The number of nitrogens with two attached hydrogens (primary N) is 1. The zero-order chi connectivity index (χ0) is 10.7. The van der Waals surface area contributed by atoms with Gasteiger partial charge in [0.2, 0.25) is 0 Å². The monoisotopic (exact) mass is 203 g/mol. The van der Waals surface area contributed by atoms with Crippen LogP contribution in [0.3, 0.4) is 0 Å². The van der Waals surface area contributed by atoms with Gasteiger partial charge in [-0.25, -0.2) is 4.98 Å². The maximum Gasteiger partial charge on any atom is 0.143 e. The van der Waals surface area contributed by atoms with Gasteiger partial charge in [-0.05, 0) is 24.6 Å².